The third-order valence-corrected chi connectivity index (χ3v) is 4.16. The summed E-state index contributed by atoms with van der Waals surface area (Å²) in [7, 11) is -3.73. The fourth-order valence-electron chi connectivity index (χ4n) is 1.71. The molecule has 0 atom stereocenters. The van der Waals surface area contributed by atoms with Gasteiger partial charge in [-0.25, -0.2) is 8.42 Å². The maximum absolute atomic E-state index is 12.3. The molecule has 2 aromatic carbocycles. The van der Waals surface area contributed by atoms with Gasteiger partial charge in [0.05, 0.1) is 12.3 Å². The number of nitrogens with one attached hydrogen (secondary N) is 2. The molecule has 0 radical (unpaired) electrons. The summed E-state index contributed by atoms with van der Waals surface area (Å²) in [6.45, 7) is -0.0903. The maximum Gasteiger partial charge on any atom is 0.264 e. The molecule has 0 unspecified atom stereocenters. The highest BCUT2D eigenvalue weighted by Crippen LogP contribution is 2.22. The number of nitrogen functional groups attached to an aromatic ring is 1. The Morgan fingerprint density at radius 2 is 1.70 bits per heavy atom. The zero-order valence-electron chi connectivity index (χ0n) is 10.6. The summed E-state index contributed by atoms with van der Waals surface area (Å²) in [5.41, 5.74) is 3.78. The van der Waals surface area contributed by atoms with E-state index in [9.17, 15) is 8.42 Å². The molecule has 0 spiro atoms. The highest BCUT2D eigenvalue weighted by molar-refractivity contribution is 7.92. The Bertz CT molecular complexity index is 684. The lowest BCUT2D eigenvalue weighted by molar-refractivity contribution is 0.282. The van der Waals surface area contributed by atoms with Crippen LogP contribution in [0.15, 0.2) is 53.4 Å². The number of hydrogen-bond donors (Lipinski definition) is 4. The summed E-state index contributed by atoms with van der Waals surface area (Å²) in [4.78, 5) is 0.0636. The van der Waals surface area contributed by atoms with E-state index in [1.165, 1.54) is 6.07 Å². The van der Waals surface area contributed by atoms with Gasteiger partial charge in [-0.15, -0.1) is 0 Å². The molecule has 5 N–H and O–H groups in total. The molecule has 2 aromatic rings. The summed E-state index contributed by atoms with van der Waals surface area (Å²) in [5, 5.41) is 8.95. The molecular formula is C13H15N3O3S. The quantitative estimate of drug-likeness (QED) is 0.491. The number of benzene rings is 2. The molecule has 0 aliphatic carbocycles. The van der Waals surface area contributed by atoms with E-state index in [0.717, 1.165) is 0 Å². The van der Waals surface area contributed by atoms with Crippen LogP contribution in [-0.2, 0) is 16.6 Å². The second kappa shape index (κ2) is 5.91. The second-order valence-electron chi connectivity index (χ2n) is 4.10. The summed E-state index contributed by atoms with van der Waals surface area (Å²) >= 11 is 0. The summed E-state index contributed by atoms with van der Waals surface area (Å²) < 4.78 is 27.0. The number of anilines is 2. The normalized spacial score (nSPS) is 11.1. The molecule has 0 aliphatic rings. The summed E-state index contributed by atoms with van der Waals surface area (Å²) in [6, 6.07) is 12.8. The summed E-state index contributed by atoms with van der Waals surface area (Å²) in [5.74, 6) is 5.31. The van der Waals surface area contributed by atoms with Crippen molar-refractivity contribution < 1.29 is 13.5 Å². The molecular weight excluding hydrogens is 278 g/mol. The van der Waals surface area contributed by atoms with Crippen LogP contribution in [0, 0.1) is 0 Å². The molecule has 7 heteroatoms. The number of sulfonamides is 1. The highest BCUT2D eigenvalue weighted by Gasteiger charge is 2.17. The Labute approximate surface area is 117 Å². The van der Waals surface area contributed by atoms with Crippen molar-refractivity contribution in [3.8, 4) is 0 Å². The first-order valence-electron chi connectivity index (χ1n) is 5.85. The molecule has 0 saturated heterocycles. The molecule has 0 bridgehead atoms. The number of aliphatic hydroxyl groups excluding tert-OH is 1. The van der Waals surface area contributed by atoms with Gasteiger partial charge in [0.25, 0.3) is 10.0 Å². The molecule has 0 saturated carbocycles. The fraction of sp³-hybridized carbons (Fsp3) is 0.0769. The van der Waals surface area contributed by atoms with Gasteiger partial charge in [-0.2, -0.15) is 0 Å². The minimum Gasteiger partial charge on any atom is -0.392 e. The van der Waals surface area contributed by atoms with Crippen molar-refractivity contribution in [2.24, 2.45) is 5.84 Å². The van der Waals surface area contributed by atoms with Crippen molar-refractivity contribution in [3.05, 3.63) is 54.1 Å². The third-order valence-electron chi connectivity index (χ3n) is 2.72. The fourth-order valence-corrected chi connectivity index (χ4v) is 2.94. The average molecular weight is 293 g/mol. The van der Waals surface area contributed by atoms with E-state index in [2.05, 4.69) is 10.1 Å². The molecule has 2 rings (SSSR count). The van der Waals surface area contributed by atoms with Crippen LogP contribution in [0.4, 0.5) is 11.4 Å². The first-order chi connectivity index (χ1) is 9.56. The molecule has 6 nitrogen and oxygen atoms in total. The van der Waals surface area contributed by atoms with E-state index in [0.29, 0.717) is 16.9 Å². The Hall–Kier alpha value is -2.09. The van der Waals surface area contributed by atoms with Gasteiger partial charge < -0.3 is 10.5 Å². The first kappa shape index (κ1) is 14.3. The van der Waals surface area contributed by atoms with Crippen LogP contribution < -0.4 is 16.0 Å². The molecule has 20 heavy (non-hydrogen) atoms. The zero-order chi connectivity index (χ0) is 14.6. The lowest BCUT2D eigenvalue weighted by atomic mass is 10.2. The lowest BCUT2D eigenvalue weighted by Crippen LogP contribution is -2.17. The predicted octanol–water partition coefficient (Wildman–Crippen LogP) is 1.27. The molecule has 106 valence electrons. The van der Waals surface area contributed by atoms with Crippen LogP contribution >= 0.6 is 0 Å². The summed E-state index contributed by atoms with van der Waals surface area (Å²) in [6.07, 6.45) is 0. The Morgan fingerprint density at radius 1 is 1.05 bits per heavy atom. The van der Waals surface area contributed by atoms with Crippen LogP contribution in [-0.4, -0.2) is 13.5 Å². The Balaban J connectivity index is 2.30. The minimum absolute atomic E-state index is 0.0636. The van der Waals surface area contributed by atoms with Crippen molar-refractivity contribution in [1.29, 1.82) is 0 Å². The number of hydrogen-bond acceptors (Lipinski definition) is 5. The highest BCUT2D eigenvalue weighted by atomic mass is 32.2. The average Bonchev–Trinajstić information content (AvgIpc) is 2.47. The van der Waals surface area contributed by atoms with Crippen LogP contribution in [0.2, 0.25) is 0 Å². The van der Waals surface area contributed by atoms with Crippen molar-refractivity contribution in [2.45, 2.75) is 11.5 Å². The van der Waals surface area contributed by atoms with Crippen LogP contribution in [0.25, 0.3) is 0 Å². The number of aliphatic hydroxyl groups is 1. The van der Waals surface area contributed by atoms with Crippen LogP contribution in [0.3, 0.4) is 0 Å². The van der Waals surface area contributed by atoms with Gasteiger partial charge in [-0.05, 0) is 29.8 Å². The monoisotopic (exact) mass is 293 g/mol. The van der Waals surface area contributed by atoms with E-state index in [1.807, 2.05) is 0 Å². The minimum atomic E-state index is -3.73. The standard InChI is InChI=1S/C13H15N3O3S/c14-15-12-3-1-2-4-13(12)20(18,19)16-11-7-5-10(9-17)6-8-11/h1-8,15-17H,9,14H2. The molecule has 0 heterocycles. The Morgan fingerprint density at radius 3 is 2.30 bits per heavy atom. The van der Waals surface area contributed by atoms with E-state index in [1.54, 1.807) is 42.5 Å². The largest absolute Gasteiger partial charge is 0.392 e. The molecule has 0 aromatic heterocycles. The van der Waals surface area contributed by atoms with Crippen LogP contribution in [0.5, 0.6) is 0 Å². The van der Waals surface area contributed by atoms with Crippen molar-refractivity contribution >= 4 is 21.4 Å². The topological polar surface area (TPSA) is 104 Å². The van der Waals surface area contributed by atoms with Crippen LogP contribution in [0.1, 0.15) is 5.56 Å². The molecule has 0 amide bonds. The van der Waals surface area contributed by atoms with Gasteiger partial charge in [0.1, 0.15) is 4.90 Å². The van der Waals surface area contributed by atoms with E-state index in [-0.39, 0.29) is 11.5 Å². The SMILES string of the molecule is NNc1ccccc1S(=O)(=O)Nc1ccc(CO)cc1. The molecule has 0 fully saturated rings. The van der Waals surface area contributed by atoms with Crippen molar-refractivity contribution in [2.75, 3.05) is 10.1 Å². The van der Waals surface area contributed by atoms with Gasteiger partial charge in [0, 0.05) is 5.69 Å². The van der Waals surface area contributed by atoms with Gasteiger partial charge in [0.15, 0.2) is 0 Å². The number of para-hydroxylation sites is 1. The number of rotatable bonds is 5. The van der Waals surface area contributed by atoms with Gasteiger partial charge in [-0.3, -0.25) is 10.6 Å². The smallest absolute Gasteiger partial charge is 0.264 e. The molecule has 0 aliphatic heterocycles. The predicted molar refractivity (Wildman–Crippen MR) is 77.4 cm³/mol. The number of nitrogens with two attached hydrogens (primary N) is 1. The van der Waals surface area contributed by atoms with Gasteiger partial charge >= 0.3 is 0 Å². The van der Waals surface area contributed by atoms with E-state index >= 15 is 0 Å². The Kier molecular flexibility index (Phi) is 4.23. The van der Waals surface area contributed by atoms with E-state index < -0.39 is 10.0 Å². The third kappa shape index (κ3) is 3.08. The maximum atomic E-state index is 12.3. The van der Waals surface area contributed by atoms with Gasteiger partial charge in [0.2, 0.25) is 0 Å². The van der Waals surface area contributed by atoms with Crippen molar-refractivity contribution in [3.63, 3.8) is 0 Å². The zero-order valence-corrected chi connectivity index (χ0v) is 11.4. The van der Waals surface area contributed by atoms with Crippen molar-refractivity contribution in [1.82, 2.24) is 0 Å². The lowest BCUT2D eigenvalue weighted by Gasteiger charge is -2.11. The van der Waals surface area contributed by atoms with Gasteiger partial charge in [-0.1, -0.05) is 24.3 Å². The van der Waals surface area contributed by atoms with E-state index in [4.69, 9.17) is 10.9 Å². The second-order valence-corrected chi connectivity index (χ2v) is 5.75. The first-order valence-corrected chi connectivity index (χ1v) is 7.33. The number of hydrazine groups is 1.